The molecule has 2 N–H and O–H groups in total. The molecule has 0 aliphatic carbocycles. The molecular weight excluding hydrogens is 447 g/mol. The average Bonchev–Trinajstić information content (AvgIpc) is 2.45. The number of hydrazone groups is 1. The monoisotopic (exact) mass is 458 g/mol. The minimum Gasteiger partial charge on any atom is -0.506 e. The highest BCUT2D eigenvalue weighted by Crippen LogP contribution is 2.27. The Hall–Kier alpha value is -1.41. The van der Waals surface area contributed by atoms with Gasteiger partial charge in [-0.3, -0.25) is 4.79 Å². The number of rotatable bonds is 4. The van der Waals surface area contributed by atoms with Gasteiger partial charge in [-0.05, 0) is 40.3 Å². The normalized spacial score (nSPS) is 10.8. The molecular formula is C15H12BrIN2O2. The van der Waals surface area contributed by atoms with E-state index in [-0.39, 0.29) is 18.1 Å². The number of carbonyl (C=O) groups is 1. The van der Waals surface area contributed by atoms with Crippen LogP contribution in [-0.4, -0.2) is 17.2 Å². The van der Waals surface area contributed by atoms with Crippen molar-refractivity contribution in [2.45, 2.75) is 6.42 Å². The van der Waals surface area contributed by atoms with Gasteiger partial charge in [-0.15, -0.1) is 0 Å². The summed E-state index contributed by atoms with van der Waals surface area (Å²) in [5, 5.41) is 13.8. The van der Waals surface area contributed by atoms with Gasteiger partial charge in [0.1, 0.15) is 5.75 Å². The molecule has 0 unspecified atom stereocenters. The fourth-order valence-electron chi connectivity index (χ4n) is 1.68. The molecule has 108 valence electrons. The van der Waals surface area contributed by atoms with E-state index in [0.29, 0.717) is 9.13 Å². The third kappa shape index (κ3) is 4.82. The molecule has 6 heteroatoms. The number of halogens is 2. The van der Waals surface area contributed by atoms with Gasteiger partial charge in [0.15, 0.2) is 0 Å². The molecule has 21 heavy (non-hydrogen) atoms. The Morgan fingerprint density at radius 2 is 2.05 bits per heavy atom. The number of hydrogen-bond donors (Lipinski definition) is 2. The van der Waals surface area contributed by atoms with Crippen LogP contribution in [0.1, 0.15) is 11.1 Å². The van der Waals surface area contributed by atoms with Crippen molar-refractivity contribution in [1.29, 1.82) is 0 Å². The second kappa shape index (κ2) is 7.56. The third-order valence-electron chi connectivity index (χ3n) is 2.66. The first kappa shape index (κ1) is 16.0. The molecule has 0 aliphatic rings. The molecule has 0 aromatic heterocycles. The molecule has 0 heterocycles. The highest BCUT2D eigenvalue weighted by molar-refractivity contribution is 14.1. The van der Waals surface area contributed by atoms with Crippen molar-refractivity contribution in [3.63, 3.8) is 0 Å². The third-order valence-corrected chi connectivity index (χ3v) is 3.94. The van der Waals surface area contributed by atoms with Crippen molar-refractivity contribution in [2.75, 3.05) is 0 Å². The van der Waals surface area contributed by atoms with Crippen molar-refractivity contribution in [3.05, 3.63) is 61.6 Å². The zero-order valence-corrected chi connectivity index (χ0v) is 14.6. The van der Waals surface area contributed by atoms with Crippen molar-refractivity contribution >= 4 is 50.6 Å². The molecule has 1 amide bonds. The number of carbonyl (C=O) groups excluding carboxylic acids is 1. The van der Waals surface area contributed by atoms with Crippen LogP contribution < -0.4 is 5.43 Å². The summed E-state index contributed by atoms with van der Waals surface area (Å²) >= 11 is 5.37. The predicted octanol–water partition coefficient (Wildman–Crippen LogP) is 3.45. The van der Waals surface area contributed by atoms with Gasteiger partial charge in [0.05, 0.1) is 16.2 Å². The van der Waals surface area contributed by atoms with Gasteiger partial charge in [0.25, 0.3) is 0 Å². The Kier molecular flexibility index (Phi) is 5.75. The van der Waals surface area contributed by atoms with Crippen LogP contribution in [0.5, 0.6) is 5.75 Å². The highest BCUT2D eigenvalue weighted by Gasteiger charge is 2.06. The number of hydrogen-bond acceptors (Lipinski definition) is 3. The summed E-state index contributed by atoms with van der Waals surface area (Å²) in [4.78, 5) is 11.7. The Bertz CT molecular complexity index is 675. The number of phenols is 1. The fourth-order valence-corrected chi connectivity index (χ4v) is 3.23. The molecule has 2 rings (SSSR count). The van der Waals surface area contributed by atoms with Crippen LogP contribution in [0.25, 0.3) is 0 Å². The summed E-state index contributed by atoms with van der Waals surface area (Å²) in [5.74, 6) is -0.0681. The first-order chi connectivity index (χ1) is 10.1. The van der Waals surface area contributed by atoms with Crippen LogP contribution >= 0.6 is 38.5 Å². The minimum atomic E-state index is -0.207. The molecule has 0 radical (unpaired) electrons. The average molecular weight is 459 g/mol. The summed E-state index contributed by atoms with van der Waals surface area (Å²) in [6.45, 7) is 0. The van der Waals surface area contributed by atoms with Crippen LogP contribution in [0.4, 0.5) is 0 Å². The summed E-state index contributed by atoms with van der Waals surface area (Å²) in [7, 11) is 0. The van der Waals surface area contributed by atoms with E-state index < -0.39 is 0 Å². The van der Waals surface area contributed by atoms with Crippen LogP contribution in [0.15, 0.2) is 52.0 Å². The molecule has 0 saturated heterocycles. The first-order valence-electron chi connectivity index (χ1n) is 6.10. The Morgan fingerprint density at radius 1 is 1.33 bits per heavy atom. The van der Waals surface area contributed by atoms with Crippen molar-refractivity contribution in [3.8, 4) is 5.75 Å². The number of phenolic OH excluding ortho intramolecular Hbond substituents is 1. The van der Waals surface area contributed by atoms with Gasteiger partial charge in [-0.25, -0.2) is 5.43 Å². The lowest BCUT2D eigenvalue weighted by Gasteiger charge is -2.03. The maximum absolute atomic E-state index is 11.7. The number of amides is 1. The van der Waals surface area contributed by atoms with E-state index in [1.807, 2.05) is 52.9 Å². The van der Waals surface area contributed by atoms with Crippen molar-refractivity contribution < 1.29 is 9.90 Å². The highest BCUT2D eigenvalue weighted by atomic mass is 127. The first-order valence-corrected chi connectivity index (χ1v) is 7.97. The lowest BCUT2D eigenvalue weighted by molar-refractivity contribution is -0.120. The summed E-state index contributed by atoms with van der Waals surface area (Å²) in [5.41, 5.74) is 3.90. The Morgan fingerprint density at radius 3 is 2.76 bits per heavy atom. The topological polar surface area (TPSA) is 61.7 Å². The lowest BCUT2D eigenvalue weighted by Crippen LogP contribution is -2.19. The van der Waals surface area contributed by atoms with Gasteiger partial charge < -0.3 is 5.11 Å². The molecule has 0 spiro atoms. The minimum absolute atomic E-state index is 0.139. The largest absolute Gasteiger partial charge is 0.506 e. The lowest BCUT2D eigenvalue weighted by atomic mass is 10.1. The summed E-state index contributed by atoms with van der Waals surface area (Å²) in [6, 6.07) is 12.9. The second-order valence-corrected chi connectivity index (χ2v) is 6.36. The van der Waals surface area contributed by atoms with Gasteiger partial charge in [0.2, 0.25) is 5.91 Å². The van der Waals surface area contributed by atoms with Crippen molar-refractivity contribution in [1.82, 2.24) is 5.43 Å². The van der Waals surface area contributed by atoms with E-state index in [0.717, 1.165) is 10.0 Å². The number of benzene rings is 2. The smallest absolute Gasteiger partial charge is 0.244 e. The quantitative estimate of drug-likeness (QED) is 0.418. The SMILES string of the molecule is O=C(Cc1ccccc1)NN=Cc1cc(Br)cc(I)c1O. The molecule has 0 saturated carbocycles. The van der Waals surface area contributed by atoms with E-state index >= 15 is 0 Å². The van der Waals surface area contributed by atoms with Gasteiger partial charge >= 0.3 is 0 Å². The number of nitrogens with one attached hydrogen (secondary N) is 1. The van der Waals surface area contributed by atoms with E-state index in [1.54, 1.807) is 12.1 Å². The van der Waals surface area contributed by atoms with E-state index in [9.17, 15) is 9.90 Å². The zero-order chi connectivity index (χ0) is 15.2. The van der Waals surface area contributed by atoms with Crippen LogP contribution in [0, 0.1) is 3.57 Å². The summed E-state index contributed by atoms with van der Waals surface area (Å²) < 4.78 is 1.54. The molecule has 0 aliphatic heterocycles. The van der Waals surface area contributed by atoms with Gasteiger partial charge in [-0.1, -0.05) is 46.3 Å². The second-order valence-electron chi connectivity index (χ2n) is 4.28. The molecule has 2 aromatic carbocycles. The Balaban J connectivity index is 1.98. The standard InChI is InChI=1S/C15H12BrIN2O2/c16-12-7-11(15(21)13(17)8-12)9-18-19-14(20)6-10-4-2-1-3-5-10/h1-5,7-9,21H,6H2,(H,19,20). The zero-order valence-electron chi connectivity index (χ0n) is 10.9. The van der Waals surface area contributed by atoms with E-state index in [4.69, 9.17) is 0 Å². The number of aromatic hydroxyl groups is 1. The number of nitrogens with zero attached hydrogens (tertiary/aromatic N) is 1. The Labute approximate surface area is 144 Å². The predicted molar refractivity (Wildman–Crippen MR) is 94.4 cm³/mol. The van der Waals surface area contributed by atoms with Crippen LogP contribution in [0.3, 0.4) is 0 Å². The van der Waals surface area contributed by atoms with E-state index in [1.165, 1.54) is 6.21 Å². The molecule has 4 nitrogen and oxygen atoms in total. The van der Waals surface area contributed by atoms with Gasteiger partial charge in [-0.2, -0.15) is 5.10 Å². The van der Waals surface area contributed by atoms with Crippen molar-refractivity contribution in [2.24, 2.45) is 5.10 Å². The molecule has 2 aromatic rings. The maximum atomic E-state index is 11.7. The molecule has 0 fully saturated rings. The molecule has 0 bridgehead atoms. The fraction of sp³-hybridized carbons (Fsp3) is 0.0667. The summed E-state index contributed by atoms with van der Waals surface area (Å²) in [6.07, 6.45) is 1.69. The molecule has 0 atom stereocenters. The van der Waals surface area contributed by atoms with Crippen LogP contribution in [0.2, 0.25) is 0 Å². The van der Waals surface area contributed by atoms with Gasteiger partial charge in [0, 0.05) is 10.0 Å². The maximum Gasteiger partial charge on any atom is 0.244 e. The van der Waals surface area contributed by atoms with E-state index in [2.05, 4.69) is 26.5 Å². The van der Waals surface area contributed by atoms with Crippen LogP contribution in [-0.2, 0) is 11.2 Å².